The van der Waals surface area contributed by atoms with Gasteiger partial charge >= 0.3 is 6.03 Å². The van der Waals surface area contributed by atoms with Crippen LogP contribution in [0, 0.1) is 10.8 Å². The van der Waals surface area contributed by atoms with E-state index < -0.39 is 0 Å². The first kappa shape index (κ1) is 9.03. The number of urea groups is 1. The van der Waals surface area contributed by atoms with Crippen LogP contribution < -0.4 is 5.32 Å². The van der Waals surface area contributed by atoms with Crippen LogP contribution in [0.25, 0.3) is 0 Å². The molecule has 0 aromatic heterocycles. The average Bonchev–Trinajstić information content (AvgIpc) is 2.05. The second-order valence-electron chi connectivity index (χ2n) is 4.22. The average molecular weight is 169 g/mol. The summed E-state index contributed by atoms with van der Waals surface area (Å²) in [6.07, 6.45) is 0. The van der Waals surface area contributed by atoms with Crippen molar-refractivity contribution in [3.05, 3.63) is 0 Å². The minimum atomic E-state index is -0.181. The van der Waals surface area contributed by atoms with E-state index >= 15 is 0 Å². The molecule has 0 aromatic carbocycles. The molecule has 1 rings (SSSR count). The molecule has 2 N–H and O–H groups in total. The highest BCUT2D eigenvalue weighted by molar-refractivity contribution is 6.05. The molecule has 12 heavy (non-hydrogen) atoms. The third-order valence-corrected chi connectivity index (χ3v) is 2.04. The molecule has 1 atom stereocenters. The predicted molar refractivity (Wildman–Crippen MR) is 47.3 cm³/mol. The minimum Gasteiger partial charge on any atom is -0.317 e. The molecule has 1 saturated heterocycles. The third-order valence-electron chi connectivity index (χ3n) is 2.04. The number of hydrogen-bond donors (Lipinski definition) is 2. The van der Waals surface area contributed by atoms with Crippen molar-refractivity contribution in [2.24, 2.45) is 5.41 Å². The molecule has 0 aromatic rings. The Kier molecular flexibility index (Phi) is 1.86. The van der Waals surface area contributed by atoms with Gasteiger partial charge in [-0.25, -0.2) is 4.79 Å². The first-order valence-corrected chi connectivity index (χ1v) is 3.96. The van der Waals surface area contributed by atoms with E-state index in [1.807, 2.05) is 20.8 Å². The number of nitrogens with zero attached hydrogens (tertiary/aromatic N) is 1. The van der Waals surface area contributed by atoms with Crippen LogP contribution in [0.4, 0.5) is 4.79 Å². The van der Waals surface area contributed by atoms with E-state index in [1.165, 1.54) is 0 Å². The minimum absolute atomic E-state index is 0.0784. The topological polar surface area (TPSA) is 56.2 Å². The highest BCUT2D eigenvalue weighted by Crippen LogP contribution is 2.26. The maximum atomic E-state index is 11.1. The number of amides is 2. The number of rotatable bonds is 0. The van der Waals surface area contributed by atoms with Gasteiger partial charge in [-0.3, -0.25) is 10.7 Å². The fraction of sp³-hybridized carbons (Fsp3) is 0.750. The lowest BCUT2D eigenvalue weighted by Crippen LogP contribution is -2.41. The second kappa shape index (κ2) is 2.47. The smallest absolute Gasteiger partial charge is 0.317 e. The molecule has 0 saturated carbocycles. The van der Waals surface area contributed by atoms with Crippen molar-refractivity contribution in [1.29, 1.82) is 5.41 Å². The summed E-state index contributed by atoms with van der Waals surface area (Å²) >= 11 is 0. The van der Waals surface area contributed by atoms with Gasteiger partial charge in [-0.05, 0) is 5.41 Å². The van der Waals surface area contributed by atoms with Crippen LogP contribution in [0.2, 0.25) is 0 Å². The molecule has 1 heterocycles. The number of carbonyl (C=O) groups excluding carboxylic acids is 1. The standard InChI is InChI=1S/C8H15N3O/c1-8(2,3)5-6(9)10-7(12)11(5)4/h5H,1-4H3,(H2,9,10,12). The van der Waals surface area contributed by atoms with E-state index in [-0.39, 0.29) is 17.5 Å². The summed E-state index contributed by atoms with van der Waals surface area (Å²) in [5.41, 5.74) is -0.0784. The monoisotopic (exact) mass is 169 g/mol. The first-order chi connectivity index (χ1) is 5.34. The van der Waals surface area contributed by atoms with Gasteiger partial charge in [0, 0.05) is 7.05 Å². The molecule has 0 bridgehead atoms. The fourth-order valence-corrected chi connectivity index (χ4v) is 1.60. The van der Waals surface area contributed by atoms with Crippen molar-refractivity contribution >= 4 is 11.9 Å². The van der Waals surface area contributed by atoms with Crippen LogP contribution in [0.5, 0.6) is 0 Å². The zero-order valence-electron chi connectivity index (χ0n) is 7.93. The lowest BCUT2D eigenvalue weighted by molar-refractivity contribution is 0.187. The Balaban J connectivity index is 2.91. The van der Waals surface area contributed by atoms with Gasteiger partial charge in [0.1, 0.15) is 5.84 Å². The van der Waals surface area contributed by atoms with Gasteiger partial charge in [0.25, 0.3) is 0 Å². The molecule has 0 spiro atoms. The molecule has 0 radical (unpaired) electrons. The van der Waals surface area contributed by atoms with Gasteiger partial charge in [-0.1, -0.05) is 20.8 Å². The van der Waals surface area contributed by atoms with Gasteiger partial charge < -0.3 is 4.90 Å². The van der Waals surface area contributed by atoms with Crippen LogP contribution >= 0.6 is 0 Å². The zero-order valence-corrected chi connectivity index (χ0v) is 7.93. The Morgan fingerprint density at radius 3 is 2.17 bits per heavy atom. The fourth-order valence-electron chi connectivity index (χ4n) is 1.60. The summed E-state index contributed by atoms with van der Waals surface area (Å²) in [5.74, 6) is 0.301. The van der Waals surface area contributed by atoms with E-state index in [4.69, 9.17) is 5.41 Å². The van der Waals surface area contributed by atoms with Gasteiger partial charge in [0.15, 0.2) is 0 Å². The van der Waals surface area contributed by atoms with E-state index in [0.29, 0.717) is 5.84 Å². The Morgan fingerprint density at radius 2 is 2.00 bits per heavy atom. The summed E-state index contributed by atoms with van der Waals surface area (Å²) in [5, 5.41) is 10.0. The van der Waals surface area contributed by atoms with E-state index in [2.05, 4.69) is 5.32 Å². The molecule has 1 aliphatic rings. The molecule has 1 unspecified atom stereocenters. The van der Waals surface area contributed by atoms with Crippen molar-refractivity contribution < 1.29 is 4.79 Å². The first-order valence-electron chi connectivity index (χ1n) is 3.96. The van der Waals surface area contributed by atoms with Gasteiger partial charge in [0.2, 0.25) is 0 Å². The van der Waals surface area contributed by atoms with Crippen molar-refractivity contribution in [2.45, 2.75) is 26.8 Å². The van der Waals surface area contributed by atoms with Gasteiger partial charge in [0.05, 0.1) is 6.04 Å². The molecule has 1 fully saturated rings. The molecular weight excluding hydrogens is 154 g/mol. The van der Waals surface area contributed by atoms with Crippen LogP contribution in [0.3, 0.4) is 0 Å². The lowest BCUT2D eigenvalue weighted by atomic mass is 9.86. The molecule has 1 aliphatic heterocycles. The SMILES string of the molecule is CN1C(=O)NC(=N)C1C(C)(C)C. The molecule has 4 nitrogen and oxygen atoms in total. The Hall–Kier alpha value is -1.06. The highest BCUT2D eigenvalue weighted by atomic mass is 16.2. The number of amidine groups is 1. The lowest BCUT2D eigenvalue weighted by Gasteiger charge is -2.30. The number of nitrogens with one attached hydrogen (secondary N) is 2. The summed E-state index contributed by atoms with van der Waals surface area (Å²) in [4.78, 5) is 12.7. The summed E-state index contributed by atoms with van der Waals surface area (Å²) < 4.78 is 0. The molecular formula is C8H15N3O. The van der Waals surface area contributed by atoms with E-state index in [9.17, 15) is 4.79 Å². The summed E-state index contributed by atoms with van der Waals surface area (Å²) in [7, 11) is 1.72. The Bertz CT molecular complexity index is 229. The highest BCUT2D eigenvalue weighted by Gasteiger charge is 2.40. The van der Waals surface area contributed by atoms with Crippen LogP contribution in [-0.2, 0) is 0 Å². The van der Waals surface area contributed by atoms with Gasteiger partial charge in [-0.15, -0.1) is 0 Å². The van der Waals surface area contributed by atoms with E-state index in [0.717, 1.165) is 0 Å². The summed E-state index contributed by atoms with van der Waals surface area (Å²) in [6.45, 7) is 6.05. The Labute approximate surface area is 72.4 Å². The van der Waals surface area contributed by atoms with Crippen molar-refractivity contribution in [2.75, 3.05) is 7.05 Å². The third kappa shape index (κ3) is 1.29. The largest absolute Gasteiger partial charge is 0.323 e. The molecule has 0 aliphatic carbocycles. The molecule has 2 amide bonds. The number of hydrogen-bond acceptors (Lipinski definition) is 2. The normalized spacial score (nSPS) is 24.7. The maximum Gasteiger partial charge on any atom is 0.323 e. The van der Waals surface area contributed by atoms with Crippen LogP contribution in [0.15, 0.2) is 0 Å². The maximum absolute atomic E-state index is 11.1. The van der Waals surface area contributed by atoms with Crippen molar-refractivity contribution in [3.8, 4) is 0 Å². The quantitative estimate of drug-likeness (QED) is 0.559. The summed E-state index contributed by atoms with van der Waals surface area (Å²) in [6, 6.07) is -0.301. The molecule has 4 heteroatoms. The van der Waals surface area contributed by atoms with Crippen LogP contribution in [-0.4, -0.2) is 29.9 Å². The van der Waals surface area contributed by atoms with Crippen LogP contribution in [0.1, 0.15) is 20.8 Å². The van der Waals surface area contributed by atoms with Crippen molar-refractivity contribution in [3.63, 3.8) is 0 Å². The number of carbonyl (C=O) groups is 1. The number of likely N-dealkylation sites (N-methyl/N-ethyl adjacent to an activating group) is 1. The van der Waals surface area contributed by atoms with E-state index in [1.54, 1.807) is 11.9 Å². The Morgan fingerprint density at radius 1 is 1.50 bits per heavy atom. The predicted octanol–water partition coefficient (Wildman–Crippen LogP) is 1.03. The zero-order chi connectivity index (χ0) is 9.52. The van der Waals surface area contributed by atoms with Crippen molar-refractivity contribution in [1.82, 2.24) is 10.2 Å². The second-order valence-corrected chi connectivity index (χ2v) is 4.22. The van der Waals surface area contributed by atoms with Gasteiger partial charge in [-0.2, -0.15) is 0 Å². The molecule has 68 valence electrons.